The van der Waals surface area contributed by atoms with Crippen LogP contribution in [0.1, 0.15) is 39.8 Å². The van der Waals surface area contributed by atoms with Crippen LogP contribution < -0.4 is 11.2 Å². The van der Waals surface area contributed by atoms with Crippen molar-refractivity contribution in [2.45, 2.75) is 39.8 Å². The van der Waals surface area contributed by atoms with Gasteiger partial charge >= 0.3 is 5.69 Å². The van der Waals surface area contributed by atoms with Crippen molar-refractivity contribution in [3.05, 3.63) is 32.9 Å². The van der Waals surface area contributed by atoms with E-state index >= 15 is 0 Å². The first-order valence-corrected chi connectivity index (χ1v) is 4.89. The van der Waals surface area contributed by atoms with Crippen LogP contribution >= 0.6 is 0 Å². The molecule has 0 saturated carbocycles. The highest BCUT2D eigenvalue weighted by Gasteiger charge is 2.14. The minimum atomic E-state index is -0.892. The van der Waals surface area contributed by atoms with Crippen LogP contribution in [0, 0.1) is 5.82 Å². The van der Waals surface area contributed by atoms with Crippen molar-refractivity contribution in [2.75, 3.05) is 0 Å². The molecule has 4 nitrogen and oxygen atoms in total. The maximum atomic E-state index is 13.2. The molecule has 0 aliphatic carbocycles. The van der Waals surface area contributed by atoms with E-state index < -0.39 is 17.1 Å². The molecule has 1 heterocycles. The Kier molecular flexibility index (Phi) is 3.12. The van der Waals surface area contributed by atoms with Crippen LogP contribution in [-0.4, -0.2) is 9.13 Å². The Morgan fingerprint density at radius 3 is 2.07 bits per heavy atom. The average Bonchev–Trinajstić information content (AvgIpc) is 2.10. The number of nitrogens with zero attached hydrogens (tertiary/aromatic N) is 2. The summed E-state index contributed by atoms with van der Waals surface area (Å²) in [6.07, 6.45) is 0.966. The van der Waals surface area contributed by atoms with Crippen LogP contribution in [0.4, 0.5) is 4.39 Å². The third-order valence-corrected chi connectivity index (χ3v) is 2.18. The number of halogens is 1. The van der Waals surface area contributed by atoms with E-state index in [2.05, 4.69) is 0 Å². The maximum Gasteiger partial charge on any atom is 0.331 e. The van der Waals surface area contributed by atoms with Crippen LogP contribution in [-0.2, 0) is 0 Å². The van der Waals surface area contributed by atoms with Crippen LogP contribution in [0.3, 0.4) is 0 Å². The Hall–Kier alpha value is -1.39. The van der Waals surface area contributed by atoms with E-state index in [0.717, 1.165) is 10.8 Å². The monoisotopic (exact) mass is 214 g/mol. The fraction of sp³-hybridized carbons (Fsp3) is 0.600. The van der Waals surface area contributed by atoms with Gasteiger partial charge in [0.2, 0.25) is 5.82 Å². The third-order valence-electron chi connectivity index (χ3n) is 2.18. The molecule has 0 aliphatic rings. The molecule has 0 aliphatic heterocycles. The summed E-state index contributed by atoms with van der Waals surface area (Å²) in [4.78, 5) is 23.2. The molecule has 0 unspecified atom stereocenters. The molecule has 0 bridgehead atoms. The fourth-order valence-corrected chi connectivity index (χ4v) is 1.38. The van der Waals surface area contributed by atoms with Crippen LogP contribution in [0.15, 0.2) is 15.8 Å². The van der Waals surface area contributed by atoms with Crippen molar-refractivity contribution in [3.63, 3.8) is 0 Å². The molecular formula is C10H15FN2O2. The molecule has 0 aromatic carbocycles. The molecular weight excluding hydrogens is 199 g/mol. The van der Waals surface area contributed by atoms with Gasteiger partial charge in [0, 0.05) is 12.1 Å². The van der Waals surface area contributed by atoms with Gasteiger partial charge in [-0.15, -0.1) is 0 Å². The first kappa shape index (κ1) is 11.7. The van der Waals surface area contributed by atoms with E-state index in [4.69, 9.17) is 0 Å². The van der Waals surface area contributed by atoms with Crippen LogP contribution in [0.25, 0.3) is 0 Å². The molecule has 0 saturated heterocycles. The molecule has 0 atom stereocenters. The molecule has 1 rings (SSSR count). The maximum absolute atomic E-state index is 13.2. The summed E-state index contributed by atoms with van der Waals surface area (Å²) < 4.78 is 15.4. The minimum absolute atomic E-state index is 0.169. The molecule has 0 radical (unpaired) electrons. The summed E-state index contributed by atoms with van der Waals surface area (Å²) in [6.45, 7) is 6.87. The summed E-state index contributed by atoms with van der Waals surface area (Å²) in [5, 5.41) is 0. The molecule has 0 fully saturated rings. The van der Waals surface area contributed by atoms with Gasteiger partial charge in [-0.25, -0.2) is 4.79 Å². The average molecular weight is 214 g/mol. The zero-order valence-electron chi connectivity index (χ0n) is 9.32. The van der Waals surface area contributed by atoms with E-state index in [0.29, 0.717) is 0 Å². The van der Waals surface area contributed by atoms with Crippen molar-refractivity contribution in [2.24, 2.45) is 0 Å². The molecule has 0 amide bonds. The number of rotatable bonds is 2. The summed E-state index contributed by atoms with van der Waals surface area (Å²) in [7, 11) is 0. The third kappa shape index (κ3) is 2.00. The Balaban J connectivity index is 3.65. The lowest BCUT2D eigenvalue weighted by Gasteiger charge is -2.15. The van der Waals surface area contributed by atoms with E-state index in [1.165, 1.54) is 4.57 Å². The lowest BCUT2D eigenvalue weighted by Crippen LogP contribution is -2.42. The SMILES string of the molecule is CC(C)n1cc(F)c(=O)n(C(C)C)c1=O. The van der Waals surface area contributed by atoms with Gasteiger partial charge in [0.05, 0.1) is 6.20 Å². The van der Waals surface area contributed by atoms with E-state index in [9.17, 15) is 14.0 Å². The molecule has 0 N–H and O–H groups in total. The van der Waals surface area contributed by atoms with Gasteiger partial charge < -0.3 is 0 Å². The summed E-state index contributed by atoms with van der Waals surface area (Å²) in [5.74, 6) is -0.892. The predicted octanol–water partition coefficient (Wildman–Crippen LogP) is 1.31. The van der Waals surface area contributed by atoms with E-state index in [1.54, 1.807) is 27.7 Å². The summed E-state index contributed by atoms with van der Waals surface area (Å²) in [5.41, 5.74) is -1.32. The molecule has 0 spiro atoms. The number of hydrogen-bond donors (Lipinski definition) is 0. The Morgan fingerprint density at radius 1 is 1.13 bits per heavy atom. The Labute approximate surface area is 87.0 Å². The number of aromatic nitrogens is 2. The summed E-state index contributed by atoms with van der Waals surface area (Å²) in [6, 6.07) is -0.511. The molecule has 1 aromatic rings. The topological polar surface area (TPSA) is 44.0 Å². The van der Waals surface area contributed by atoms with Crippen LogP contribution in [0.5, 0.6) is 0 Å². The van der Waals surface area contributed by atoms with Gasteiger partial charge in [0.15, 0.2) is 0 Å². The van der Waals surface area contributed by atoms with Gasteiger partial charge in [-0.3, -0.25) is 13.9 Å². The molecule has 5 heteroatoms. The van der Waals surface area contributed by atoms with Gasteiger partial charge in [-0.1, -0.05) is 0 Å². The van der Waals surface area contributed by atoms with Gasteiger partial charge in [0.25, 0.3) is 5.56 Å². The Morgan fingerprint density at radius 2 is 1.67 bits per heavy atom. The second-order valence-corrected chi connectivity index (χ2v) is 4.03. The lowest BCUT2D eigenvalue weighted by atomic mass is 10.3. The van der Waals surface area contributed by atoms with Crippen molar-refractivity contribution in [1.82, 2.24) is 9.13 Å². The first-order valence-electron chi connectivity index (χ1n) is 4.89. The first-order chi connectivity index (χ1) is 6.86. The second kappa shape index (κ2) is 4.00. The van der Waals surface area contributed by atoms with Gasteiger partial charge in [0.1, 0.15) is 0 Å². The number of hydrogen-bond acceptors (Lipinski definition) is 2. The van der Waals surface area contributed by atoms with Gasteiger partial charge in [-0.05, 0) is 27.7 Å². The zero-order chi connectivity index (χ0) is 11.7. The highest BCUT2D eigenvalue weighted by molar-refractivity contribution is 4.92. The van der Waals surface area contributed by atoms with Gasteiger partial charge in [-0.2, -0.15) is 4.39 Å². The van der Waals surface area contributed by atoms with Crippen molar-refractivity contribution >= 4 is 0 Å². The standard InChI is InChI=1S/C10H15FN2O2/c1-6(2)12-5-8(11)9(14)13(7(3)4)10(12)15/h5-7H,1-4H3. The van der Waals surface area contributed by atoms with E-state index in [-0.39, 0.29) is 12.1 Å². The van der Waals surface area contributed by atoms with Crippen molar-refractivity contribution in [3.8, 4) is 0 Å². The Bertz CT molecular complexity index is 471. The fourth-order valence-electron chi connectivity index (χ4n) is 1.38. The van der Waals surface area contributed by atoms with Crippen molar-refractivity contribution < 1.29 is 4.39 Å². The zero-order valence-corrected chi connectivity index (χ0v) is 9.32. The molecule has 1 aromatic heterocycles. The summed E-state index contributed by atoms with van der Waals surface area (Å²) >= 11 is 0. The molecule has 15 heavy (non-hydrogen) atoms. The molecule has 84 valence electrons. The second-order valence-electron chi connectivity index (χ2n) is 4.03. The predicted molar refractivity (Wildman–Crippen MR) is 55.7 cm³/mol. The normalized spacial score (nSPS) is 11.4. The quantitative estimate of drug-likeness (QED) is 0.745. The lowest BCUT2D eigenvalue weighted by molar-refractivity contribution is 0.435. The largest absolute Gasteiger partial charge is 0.331 e. The highest BCUT2D eigenvalue weighted by atomic mass is 19.1. The van der Waals surface area contributed by atoms with Crippen molar-refractivity contribution in [1.29, 1.82) is 0 Å². The van der Waals surface area contributed by atoms with E-state index in [1.807, 2.05) is 0 Å². The minimum Gasteiger partial charge on any atom is -0.295 e. The smallest absolute Gasteiger partial charge is 0.295 e. The highest BCUT2D eigenvalue weighted by Crippen LogP contribution is 2.02. The van der Waals surface area contributed by atoms with Crippen LogP contribution in [0.2, 0.25) is 0 Å².